The molecule has 0 aliphatic heterocycles. The minimum atomic E-state index is -4.28. The van der Waals surface area contributed by atoms with E-state index in [1.807, 2.05) is 6.08 Å². The van der Waals surface area contributed by atoms with Crippen molar-refractivity contribution in [3.05, 3.63) is 41.5 Å². The maximum Gasteiger partial charge on any atom is 0.416 e. The van der Waals surface area contributed by atoms with Crippen LogP contribution in [0.15, 0.2) is 30.3 Å². The van der Waals surface area contributed by atoms with E-state index in [9.17, 15) is 13.2 Å². The topological polar surface area (TPSA) is 26.0 Å². The fourth-order valence-electron chi connectivity index (χ4n) is 2.09. The summed E-state index contributed by atoms with van der Waals surface area (Å²) in [5, 5.41) is 0. The molecule has 1 aliphatic rings. The number of alkyl halides is 3. The highest BCUT2D eigenvalue weighted by Crippen LogP contribution is 2.33. The minimum Gasteiger partial charge on any atom is -0.324 e. The largest absolute Gasteiger partial charge is 0.416 e. The normalized spacial score (nSPS) is 21.2. The van der Waals surface area contributed by atoms with Crippen LogP contribution in [0.1, 0.15) is 30.4 Å². The fraction of sp³-hybridized carbons (Fsp3) is 0.385. The molecule has 0 saturated carbocycles. The maximum absolute atomic E-state index is 12.6. The predicted molar refractivity (Wildman–Crippen MR) is 61.2 cm³/mol. The average Bonchev–Trinajstić information content (AvgIpc) is 2.28. The number of rotatable bonds is 1. The quantitative estimate of drug-likeness (QED) is 0.798. The molecule has 1 aromatic carbocycles. The Hall–Kier alpha value is -1.29. The Labute approximate surface area is 98.1 Å². The Bertz CT molecular complexity index is 435. The van der Waals surface area contributed by atoms with Crippen LogP contribution < -0.4 is 5.73 Å². The molecule has 92 valence electrons. The third-order valence-corrected chi connectivity index (χ3v) is 2.96. The molecular formula is C13H14F3N. The first-order valence-corrected chi connectivity index (χ1v) is 5.61. The van der Waals surface area contributed by atoms with Crippen molar-refractivity contribution in [1.82, 2.24) is 0 Å². The van der Waals surface area contributed by atoms with E-state index in [4.69, 9.17) is 5.73 Å². The first-order chi connectivity index (χ1) is 7.97. The van der Waals surface area contributed by atoms with Gasteiger partial charge < -0.3 is 5.73 Å². The Morgan fingerprint density at radius 2 is 2.00 bits per heavy atom. The van der Waals surface area contributed by atoms with Gasteiger partial charge in [0.1, 0.15) is 0 Å². The van der Waals surface area contributed by atoms with Gasteiger partial charge in [-0.15, -0.1) is 0 Å². The van der Waals surface area contributed by atoms with Gasteiger partial charge in [-0.1, -0.05) is 18.2 Å². The van der Waals surface area contributed by atoms with Gasteiger partial charge in [-0.2, -0.15) is 13.2 Å². The monoisotopic (exact) mass is 241 g/mol. The zero-order chi connectivity index (χ0) is 12.5. The van der Waals surface area contributed by atoms with Gasteiger partial charge in [0.2, 0.25) is 0 Å². The molecule has 1 nitrogen and oxygen atoms in total. The van der Waals surface area contributed by atoms with Crippen molar-refractivity contribution in [2.45, 2.75) is 31.5 Å². The van der Waals surface area contributed by atoms with Crippen molar-refractivity contribution >= 4 is 5.57 Å². The van der Waals surface area contributed by atoms with Crippen molar-refractivity contribution in [3.8, 4) is 0 Å². The van der Waals surface area contributed by atoms with Gasteiger partial charge in [0.15, 0.2) is 0 Å². The number of hydrogen-bond acceptors (Lipinski definition) is 1. The highest BCUT2D eigenvalue weighted by atomic mass is 19.4. The smallest absolute Gasteiger partial charge is 0.324 e. The third kappa shape index (κ3) is 2.88. The van der Waals surface area contributed by atoms with Gasteiger partial charge in [-0.05, 0) is 42.5 Å². The molecule has 0 fully saturated rings. The molecule has 1 atom stereocenters. The van der Waals surface area contributed by atoms with Crippen molar-refractivity contribution in [2.75, 3.05) is 0 Å². The molecule has 0 spiro atoms. The second-order valence-electron chi connectivity index (χ2n) is 4.33. The summed E-state index contributed by atoms with van der Waals surface area (Å²) < 4.78 is 37.7. The molecule has 0 bridgehead atoms. The molecule has 17 heavy (non-hydrogen) atoms. The lowest BCUT2D eigenvalue weighted by Gasteiger charge is -2.18. The van der Waals surface area contributed by atoms with Crippen molar-refractivity contribution in [1.29, 1.82) is 0 Å². The van der Waals surface area contributed by atoms with Gasteiger partial charge in [-0.25, -0.2) is 0 Å². The van der Waals surface area contributed by atoms with Crippen molar-refractivity contribution < 1.29 is 13.2 Å². The summed E-state index contributed by atoms with van der Waals surface area (Å²) in [6.45, 7) is 0. The van der Waals surface area contributed by atoms with E-state index in [1.54, 1.807) is 6.07 Å². The van der Waals surface area contributed by atoms with E-state index >= 15 is 0 Å². The average molecular weight is 241 g/mol. The summed E-state index contributed by atoms with van der Waals surface area (Å²) in [7, 11) is 0. The van der Waals surface area contributed by atoms with Gasteiger partial charge in [-0.3, -0.25) is 0 Å². The summed E-state index contributed by atoms with van der Waals surface area (Å²) >= 11 is 0. The Morgan fingerprint density at radius 1 is 1.24 bits per heavy atom. The summed E-state index contributed by atoms with van der Waals surface area (Å²) in [6, 6.07) is 5.41. The standard InChI is InChI=1S/C13H14F3N/c14-13(15,16)11-5-1-3-9(7-11)10-4-2-6-12(17)8-10/h1,3,5,7-8,12H,2,4,6,17H2. The molecule has 1 aromatic rings. The van der Waals surface area contributed by atoms with Crippen LogP contribution in [0.25, 0.3) is 5.57 Å². The highest BCUT2D eigenvalue weighted by Gasteiger charge is 2.30. The molecule has 0 saturated heterocycles. The van der Waals surface area contributed by atoms with E-state index < -0.39 is 11.7 Å². The second-order valence-corrected chi connectivity index (χ2v) is 4.33. The van der Waals surface area contributed by atoms with Crippen LogP contribution in [-0.2, 0) is 6.18 Å². The summed E-state index contributed by atoms with van der Waals surface area (Å²) in [4.78, 5) is 0. The van der Waals surface area contributed by atoms with E-state index in [0.717, 1.165) is 30.9 Å². The molecule has 1 aliphatic carbocycles. The van der Waals surface area contributed by atoms with Gasteiger partial charge in [0, 0.05) is 6.04 Å². The zero-order valence-electron chi connectivity index (χ0n) is 9.30. The van der Waals surface area contributed by atoms with Crippen LogP contribution >= 0.6 is 0 Å². The van der Waals surface area contributed by atoms with E-state index in [-0.39, 0.29) is 6.04 Å². The van der Waals surface area contributed by atoms with E-state index in [0.29, 0.717) is 5.56 Å². The van der Waals surface area contributed by atoms with Gasteiger partial charge in [0.25, 0.3) is 0 Å². The maximum atomic E-state index is 12.6. The predicted octanol–water partition coefficient (Wildman–Crippen LogP) is 3.60. The molecule has 0 amide bonds. The Balaban J connectivity index is 2.34. The molecule has 4 heteroatoms. The molecule has 1 unspecified atom stereocenters. The second kappa shape index (κ2) is 4.53. The summed E-state index contributed by atoms with van der Waals surface area (Å²) in [5.74, 6) is 0. The first kappa shape index (κ1) is 12.2. The first-order valence-electron chi connectivity index (χ1n) is 5.61. The molecule has 0 radical (unpaired) electrons. The SMILES string of the molecule is NC1C=C(c2cccc(C(F)(F)F)c2)CCC1. The molecular weight excluding hydrogens is 227 g/mol. The molecule has 2 rings (SSSR count). The zero-order valence-corrected chi connectivity index (χ0v) is 9.30. The van der Waals surface area contributed by atoms with Crippen LogP contribution in [-0.4, -0.2) is 6.04 Å². The van der Waals surface area contributed by atoms with Gasteiger partial charge >= 0.3 is 6.18 Å². The van der Waals surface area contributed by atoms with Crippen LogP contribution in [0.3, 0.4) is 0 Å². The Morgan fingerprint density at radius 3 is 2.65 bits per heavy atom. The summed E-state index contributed by atoms with van der Waals surface area (Å²) in [5.41, 5.74) is 6.75. The Kier molecular flexibility index (Phi) is 3.24. The number of halogens is 3. The van der Waals surface area contributed by atoms with E-state index in [1.165, 1.54) is 12.1 Å². The summed E-state index contributed by atoms with van der Waals surface area (Å²) in [6.07, 6.45) is 0.229. The minimum absolute atomic E-state index is 0.0340. The van der Waals surface area contributed by atoms with Crippen LogP contribution in [0.4, 0.5) is 13.2 Å². The van der Waals surface area contributed by atoms with Crippen LogP contribution in [0.2, 0.25) is 0 Å². The number of allylic oxidation sites excluding steroid dienone is 1. The lowest BCUT2D eigenvalue weighted by atomic mass is 9.90. The lowest BCUT2D eigenvalue weighted by molar-refractivity contribution is -0.137. The fourth-order valence-corrected chi connectivity index (χ4v) is 2.09. The van der Waals surface area contributed by atoms with E-state index in [2.05, 4.69) is 0 Å². The number of nitrogens with two attached hydrogens (primary N) is 1. The molecule has 0 aromatic heterocycles. The van der Waals surface area contributed by atoms with Gasteiger partial charge in [0.05, 0.1) is 5.56 Å². The number of hydrogen-bond donors (Lipinski definition) is 1. The number of benzene rings is 1. The molecule has 0 heterocycles. The third-order valence-electron chi connectivity index (χ3n) is 2.96. The van der Waals surface area contributed by atoms with Crippen LogP contribution in [0, 0.1) is 0 Å². The molecule has 2 N–H and O–H groups in total. The highest BCUT2D eigenvalue weighted by molar-refractivity contribution is 5.67. The van der Waals surface area contributed by atoms with Crippen LogP contribution in [0.5, 0.6) is 0 Å². The lowest BCUT2D eigenvalue weighted by Crippen LogP contribution is -2.20. The van der Waals surface area contributed by atoms with Crippen molar-refractivity contribution in [3.63, 3.8) is 0 Å². The van der Waals surface area contributed by atoms with Crippen molar-refractivity contribution in [2.24, 2.45) is 5.73 Å².